The number of rotatable bonds is 4. The molecule has 0 radical (unpaired) electrons. The average molecular weight is 260 g/mol. The number of benzene rings is 1. The van der Waals surface area contributed by atoms with Gasteiger partial charge in [0.25, 0.3) is 5.91 Å². The predicted octanol–water partition coefficient (Wildman–Crippen LogP) is 0.923. The molecule has 2 rings (SSSR count). The first-order chi connectivity index (χ1) is 9.04. The van der Waals surface area contributed by atoms with Crippen LogP contribution in [0.15, 0.2) is 30.5 Å². The summed E-state index contributed by atoms with van der Waals surface area (Å²) < 4.78 is 1.09. The van der Waals surface area contributed by atoms with Gasteiger partial charge in [-0.15, -0.1) is 5.10 Å². The molecule has 1 aromatic heterocycles. The third-order valence-electron chi connectivity index (χ3n) is 2.34. The van der Waals surface area contributed by atoms with Crippen molar-refractivity contribution in [2.75, 3.05) is 5.32 Å². The number of amides is 1. The molecular weight excluding hydrogens is 248 g/mol. The van der Waals surface area contributed by atoms with Gasteiger partial charge in [0, 0.05) is 5.69 Å². The molecule has 1 heterocycles. The van der Waals surface area contributed by atoms with Crippen molar-refractivity contribution in [3.63, 3.8) is 0 Å². The third-order valence-corrected chi connectivity index (χ3v) is 2.34. The van der Waals surface area contributed by atoms with Gasteiger partial charge in [-0.3, -0.25) is 9.59 Å². The summed E-state index contributed by atoms with van der Waals surface area (Å²) in [5.74, 6) is -1.47. The SMILES string of the molecule is Cc1cccc(NC(=O)c2cn(CC(=O)O)nn2)c1. The largest absolute Gasteiger partial charge is 0.480 e. The molecule has 0 aliphatic rings. The number of anilines is 1. The van der Waals surface area contributed by atoms with Gasteiger partial charge < -0.3 is 10.4 Å². The molecule has 7 nitrogen and oxygen atoms in total. The summed E-state index contributed by atoms with van der Waals surface area (Å²) >= 11 is 0. The molecule has 0 aliphatic heterocycles. The molecule has 0 fully saturated rings. The van der Waals surface area contributed by atoms with E-state index in [1.54, 1.807) is 6.07 Å². The third kappa shape index (κ3) is 3.38. The molecule has 0 saturated heterocycles. The lowest BCUT2D eigenvalue weighted by Crippen LogP contribution is -2.12. The highest BCUT2D eigenvalue weighted by Crippen LogP contribution is 2.10. The van der Waals surface area contributed by atoms with Crippen LogP contribution in [0.3, 0.4) is 0 Å². The van der Waals surface area contributed by atoms with E-state index < -0.39 is 11.9 Å². The highest BCUT2D eigenvalue weighted by Gasteiger charge is 2.12. The summed E-state index contributed by atoms with van der Waals surface area (Å²) in [5, 5.41) is 18.4. The Bertz CT molecular complexity index is 621. The van der Waals surface area contributed by atoms with Crippen molar-refractivity contribution in [3.05, 3.63) is 41.7 Å². The van der Waals surface area contributed by atoms with Crippen molar-refractivity contribution in [3.8, 4) is 0 Å². The maximum atomic E-state index is 11.9. The fraction of sp³-hybridized carbons (Fsp3) is 0.167. The standard InChI is InChI=1S/C12H12N4O3/c1-8-3-2-4-9(5-8)13-12(19)10-6-16(15-14-10)7-11(17)18/h2-6H,7H2,1H3,(H,13,19)(H,17,18). The molecule has 2 aromatic rings. The van der Waals surface area contributed by atoms with E-state index in [0.29, 0.717) is 5.69 Å². The minimum atomic E-state index is -1.05. The maximum Gasteiger partial charge on any atom is 0.325 e. The number of carboxylic acid groups (broad SMARTS) is 1. The predicted molar refractivity (Wildman–Crippen MR) is 66.8 cm³/mol. The van der Waals surface area contributed by atoms with Crippen molar-refractivity contribution >= 4 is 17.6 Å². The molecule has 2 N–H and O–H groups in total. The Kier molecular flexibility index (Phi) is 3.56. The number of nitrogens with one attached hydrogen (secondary N) is 1. The molecule has 98 valence electrons. The maximum absolute atomic E-state index is 11.9. The first-order valence-corrected chi connectivity index (χ1v) is 5.54. The van der Waals surface area contributed by atoms with Crippen molar-refractivity contribution in [1.82, 2.24) is 15.0 Å². The smallest absolute Gasteiger partial charge is 0.325 e. The van der Waals surface area contributed by atoms with Gasteiger partial charge in [-0.2, -0.15) is 0 Å². The van der Waals surface area contributed by atoms with Crippen LogP contribution < -0.4 is 5.32 Å². The summed E-state index contributed by atoms with van der Waals surface area (Å²) in [6.45, 7) is 1.59. The number of carbonyl (C=O) groups is 2. The van der Waals surface area contributed by atoms with Gasteiger partial charge in [0.2, 0.25) is 0 Å². The van der Waals surface area contributed by atoms with Crippen LogP contribution in [0.1, 0.15) is 16.1 Å². The number of aryl methyl sites for hydroxylation is 1. The number of nitrogens with zero attached hydrogens (tertiary/aromatic N) is 3. The van der Waals surface area contributed by atoms with Crippen molar-refractivity contribution in [2.45, 2.75) is 13.5 Å². The zero-order chi connectivity index (χ0) is 13.8. The average Bonchev–Trinajstić information content (AvgIpc) is 2.76. The van der Waals surface area contributed by atoms with Crippen LogP contribution in [-0.4, -0.2) is 32.0 Å². The summed E-state index contributed by atoms with van der Waals surface area (Å²) in [7, 11) is 0. The lowest BCUT2D eigenvalue weighted by molar-refractivity contribution is -0.137. The van der Waals surface area contributed by atoms with E-state index in [1.165, 1.54) is 6.20 Å². The molecule has 1 aromatic carbocycles. The molecule has 1 amide bonds. The molecule has 7 heteroatoms. The van der Waals surface area contributed by atoms with E-state index in [-0.39, 0.29) is 12.2 Å². The quantitative estimate of drug-likeness (QED) is 0.852. The number of carboxylic acids is 1. The Hall–Kier alpha value is -2.70. The number of hydrogen-bond acceptors (Lipinski definition) is 4. The molecule has 0 unspecified atom stereocenters. The molecule has 0 bridgehead atoms. The highest BCUT2D eigenvalue weighted by molar-refractivity contribution is 6.02. The molecular formula is C12H12N4O3. The Morgan fingerprint density at radius 1 is 1.42 bits per heavy atom. The summed E-state index contributed by atoms with van der Waals surface area (Å²) in [6, 6.07) is 7.32. The first-order valence-electron chi connectivity index (χ1n) is 5.54. The van der Waals surface area contributed by atoms with Crippen LogP contribution in [0.4, 0.5) is 5.69 Å². The number of hydrogen-bond donors (Lipinski definition) is 2. The summed E-state index contributed by atoms with van der Waals surface area (Å²) in [5.41, 5.74) is 1.74. The van der Waals surface area contributed by atoms with E-state index in [1.807, 2.05) is 25.1 Å². The zero-order valence-corrected chi connectivity index (χ0v) is 10.2. The summed E-state index contributed by atoms with van der Waals surface area (Å²) in [6.07, 6.45) is 1.29. The second-order valence-corrected chi connectivity index (χ2v) is 4.02. The minimum Gasteiger partial charge on any atom is -0.480 e. The lowest BCUT2D eigenvalue weighted by Gasteiger charge is -2.03. The van der Waals surface area contributed by atoms with Gasteiger partial charge in [-0.25, -0.2) is 4.68 Å². The Balaban J connectivity index is 2.07. The zero-order valence-electron chi connectivity index (χ0n) is 10.2. The van der Waals surface area contributed by atoms with Gasteiger partial charge in [0.05, 0.1) is 6.20 Å². The van der Waals surface area contributed by atoms with Crippen LogP contribution in [-0.2, 0) is 11.3 Å². The fourth-order valence-electron chi connectivity index (χ4n) is 1.54. The first kappa shape index (κ1) is 12.7. The van der Waals surface area contributed by atoms with E-state index in [9.17, 15) is 9.59 Å². The molecule has 19 heavy (non-hydrogen) atoms. The van der Waals surface area contributed by atoms with Crippen LogP contribution in [0.25, 0.3) is 0 Å². The van der Waals surface area contributed by atoms with Gasteiger partial charge >= 0.3 is 5.97 Å². The van der Waals surface area contributed by atoms with Crippen molar-refractivity contribution < 1.29 is 14.7 Å². The number of aliphatic carboxylic acids is 1. The van der Waals surface area contributed by atoms with Gasteiger partial charge in [0.1, 0.15) is 6.54 Å². The fourth-order valence-corrected chi connectivity index (χ4v) is 1.54. The number of aromatic nitrogens is 3. The molecule has 0 atom stereocenters. The Morgan fingerprint density at radius 3 is 2.89 bits per heavy atom. The van der Waals surface area contributed by atoms with E-state index in [2.05, 4.69) is 15.6 Å². The van der Waals surface area contributed by atoms with Crippen LogP contribution in [0.2, 0.25) is 0 Å². The topological polar surface area (TPSA) is 97.1 Å². The second-order valence-electron chi connectivity index (χ2n) is 4.02. The van der Waals surface area contributed by atoms with E-state index in [4.69, 9.17) is 5.11 Å². The molecule has 0 saturated carbocycles. The normalized spacial score (nSPS) is 10.2. The Labute approximate surface area is 108 Å². The van der Waals surface area contributed by atoms with E-state index in [0.717, 1.165) is 10.2 Å². The Morgan fingerprint density at radius 2 is 2.21 bits per heavy atom. The van der Waals surface area contributed by atoms with Crippen LogP contribution >= 0.6 is 0 Å². The summed E-state index contributed by atoms with van der Waals surface area (Å²) in [4.78, 5) is 22.3. The van der Waals surface area contributed by atoms with Gasteiger partial charge in [-0.05, 0) is 24.6 Å². The lowest BCUT2D eigenvalue weighted by atomic mass is 10.2. The second kappa shape index (κ2) is 5.30. The monoisotopic (exact) mass is 260 g/mol. The van der Waals surface area contributed by atoms with Crippen LogP contribution in [0.5, 0.6) is 0 Å². The van der Waals surface area contributed by atoms with Gasteiger partial charge in [-0.1, -0.05) is 17.3 Å². The van der Waals surface area contributed by atoms with Gasteiger partial charge in [0.15, 0.2) is 5.69 Å². The highest BCUT2D eigenvalue weighted by atomic mass is 16.4. The van der Waals surface area contributed by atoms with Crippen LogP contribution in [0, 0.1) is 6.92 Å². The van der Waals surface area contributed by atoms with E-state index >= 15 is 0 Å². The minimum absolute atomic E-state index is 0.0720. The molecule has 0 spiro atoms. The molecule has 0 aliphatic carbocycles. The number of carbonyl (C=O) groups excluding carboxylic acids is 1. The van der Waals surface area contributed by atoms with Crippen molar-refractivity contribution in [2.24, 2.45) is 0 Å². The van der Waals surface area contributed by atoms with Crippen molar-refractivity contribution in [1.29, 1.82) is 0 Å².